The van der Waals surface area contributed by atoms with Gasteiger partial charge in [0.15, 0.2) is 5.78 Å². The minimum absolute atomic E-state index is 0.0139. The molecule has 0 unspecified atom stereocenters. The monoisotopic (exact) mass is 894 g/mol. The molecule has 4 N–H and O–H groups in total. The van der Waals surface area contributed by atoms with Crippen LogP contribution in [0.3, 0.4) is 0 Å². The van der Waals surface area contributed by atoms with Crippen LogP contribution in [-0.4, -0.2) is 132 Å². The molecule has 5 aliphatic rings. The molecule has 15 heteroatoms. The lowest BCUT2D eigenvalue weighted by atomic mass is 9.78. The Morgan fingerprint density at radius 3 is 2.23 bits per heavy atom. The molecule has 1 fully saturated rings. The lowest BCUT2D eigenvalue weighted by Gasteiger charge is -2.37. The first-order chi connectivity index (χ1) is 30.9. The van der Waals surface area contributed by atoms with Gasteiger partial charge in [0.1, 0.15) is 17.2 Å². The van der Waals surface area contributed by atoms with Crippen LogP contribution in [0.4, 0.5) is 0 Å². The predicted molar refractivity (Wildman–Crippen MR) is 245 cm³/mol. The van der Waals surface area contributed by atoms with Gasteiger partial charge in [0, 0.05) is 88.7 Å². The number of aliphatic hydroxyl groups excluding tert-OH is 2. The van der Waals surface area contributed by atoms with E-state index in [1.54, 1.807) is 37.1 Å². The van der Waals surface area contributed by atoms with Crippen LogP contribution in [-0.2, 0) is 19.0 Å². The van der Waals surface area contributed by atoms with Crippen LogP contribution in [0.25, 0.3) is 6.08 Å². The number of aromatic hydroxyl groups is 1. The fourth-order valence-electron chi connectivity index (χ4n) is 8.94. The second kappa shape index (κ2) is 20.6. The zero-order valence-corrected chi connectivity index (χ0v) is 38.6. The maximum Gasteiger partial charge on any atom is 0.312 e. The van der Waals surface area contributed by atoms with Crippen LogP contribution >= 0.6 is 0 Å². The molecule has 0 aromatic heterocycles. The molecule has 4 aliphatic heterocycles. The molecular weight excluding hydrogens is 833 g/mol. The molecule has 1 aliphatic carbocycles. The first-order valence-corrected chi connectivity index (χ1v) is 22.1. The summed E-state index contributed by atoms with van der Waals surface area (Å²) in [5.74, 6) is -7.94. The zero-order chi connectivity index (χ0) is 47.3. The molecule has 9 atom stereocenters. The van der Waals surface area contributed by atoms with Gasteiger partial charge in [0.25, 0.3) is 11.7 Å². The molecule has 65 heavy (non-hydrogen) atoms. The Balaban J connectivity index is 1.38. The molecule has 1 amide bonds. The highest BCUT2D eigenvalue weighted by atomic mass is 16.7. The predicted octanol–water partition coefficient (Wildman–Crippen LogP) is 5.40. The summed E-state index contributed by atoms with van der Waals surface area (Å²) in [6, 6.07) is 10.0. The fourth-order valence-corrected chi connectivity index (χ4v) is 8.94. The Morgan fingerprint density at radius 2 is 1.57 bits per heavy atom. The van der Waals surface area contributed by atoms with Gasteiger partial charge in [-0.15, -0.1) is 0 Å². The molecule has 4 heterocycles. The van der Waals surface area contributed by atoms with E-state index in [1.165, 1.54) is 53.5 Å². The third kappa shape index (κ3) is 10.1. The number of methoxy groups -OCH3 is 2. The summed E-state index contributed by atoms with van der Waals surface area (Å²) in [6.07, 6.45) is 9.79. The number of nitrogens with one attached hydrogen (secondary N) is 1. The van der Waals surface area contributed by atoms with Gasteiger partial charge in [0.2, 0.25) is 5.78 Å². The van der Waals surface area contributed by atoms with Crippen molar-refractivity contribution in [2.75, 3.05) is 46.9 Å². The van der Waals surface area contributed by atoms with Gasteiger partial charge in [-0.1, -0.05) is 88.4 Å². The number of hydrogen-bond donors (Lipinski definition) is 4. The molecule has 0 radical (unpaired) electrons. The van der Waals surface area contributed by atoms with E-state index in [2.05, 4.69) is 27.5 Å². The number of allylic oxidation sites excluding steroid dienone is 4. The molecule has 0 saturated carbocycles. The van der Waals surface area contributed by atoms with Gasteiger partial charge in [-0.05, 0) is 25.5 Å². The fraction of sp³-hybridized carbons (Fsp3) is 0.460. The third-order valence-corrected chi connectivity index (χ3v) is 13.1. The van der Waals surface area contributed by atoms with Crippen molar-refractivity contribution in [3.05, 3.63) is 112 Å². The number of hydrazone groups is 1. The topological polar surface area (TPSA) is 197 Å². The summed E-state index contributed by atoms with van der Waals surface area (Å²) in [5, 5.41) is 43.4. The number of fused-ring (bicyclic) bond motifs is 14. The van der Waals surface area contributed by atoms with Crippen LogP contribution in [0.5, 0.6) is 11.5 Å². The number of ether oxygens (including phenoxy) is 4. The number of hydrogen-bond acceptors (Lipinski definition) is 14. The van der Waals surface area contributed by atoms with Crippen molar-refractivity contribution < 1.29 is 53.4 Å². The van der Waals surface area contributed by atoms with Crippen molar-refractivity contribution in [2.45, 2.75) is 78.7 Å². The van der Waals surface area contributed by atoms with Crippen LogP contribution in [0.2, 0.25) is 0 Å². The van der Waals surface area contributed by atoms with Gasteiger partial charge in [-0.25, -0.2) is 0 Å². The summed E-state index contributed by atoms with van der Waals surface area (Å²) in [6.45, 7) is 14.6. The molecule has 0 spiro atoms. The Bertz CT molecular complexity index is 2330. The lowest BCUT2D eigenvalue weighted by Crippen LogP contribution is -2.45. The minimum Gasteiger partial charge on any atom is -0.507 e. The number of nitrogens with zero attached hydrogens (tertiary/aromatic N) is 3. The van der Waals surface area contributed by atoms with Crippen molar-refractivity contribution in [3.8, 4) is 11.5 Å². The first-order valence-electron chi connectivity index (χ1n) is 22.1. The van der Waals surface area contributed by atoms with Crippen molar-refractivity contribution in [1.82, 2.24) is 15.2 Å². The average Bonchev–Trinajstić information content (AvgIpc) is 3.56. The molecule has 2 aromatic carbocycles. The summed E-state index contributed by atoms with van der Waals surface area (Å²) in [4.78, 5) is 60.0. The number of amides is 1. The highest BCUT2D eigenvalue weighted by Gasteiger charge is 2.52. The Hall–Kier alpha value is -5.71. The van der Waals surface area contributed by atoms with Crippen molar-refractivity contribution in [2.24, 2.45) is 28.8 Å². The average molecular weight is 895 g/mol. The van der Waals surface area contributed by atoms with E-state index in [0.717, 1.165) is 12.1 Å². The standard InChI is InChI=1S/C50H62N4O11/c1-28-15-13-16-29(2)49(61)52-40-35(27-51-54-24-22-53(23-25-54)21-14-19-34-17-11-10-12-18-34)44(58)37-38(45(40)59)43(57)33(6)47-39(37)48(60)50(7,65-47)64-26-20-36(62-8)30(3)46(63-9)32(5)42(56)31(4)41(28)55/h10-20,26-28,30-32,36,41-42,46,55-57H,21-25H2,1-9H3,(H,52,61)/b15-13+,19-14+,26-20+,29-16-,51-27+/t28-,30+,31+,32-,36-,41-,42+,46+,50-/m0/s1. The zero-order valence-electron chi connectivity index (χ0n) is 38.6. The number of benzene rings is 2. The molecule has 5 bridgehead atoms. The van der Waals surface area contributed by atoms with E-state index in [1.807, 2.05) is 44.2 Å². The molecule has 15 nitrogen and oxygen atoms in total. The van der Waals surface area contributed by atoms with Gasteiger partial charge < -0.3 is 39.6 Å². The van der Waals surface area contributed by atoms with Crippen LogP contribution in [0, 0.1) is 30.6 Å². The third-order valence-electron chi connectivity index (χ3n) is 13.1. The molecule has 348 valence electrons. The van der Waals surface area contributed by atoms with E-state index in [9.17, 15) is 34.5 Å². The van der Waals surface area contributed by atoms with E-state index in [4.69, 9.17) is 18.9 Å². The van der Waals surface area contributed by atoms with Crippen molar-refractivity contribution in [3.63, 3.8) is 0 Å². The SMILES string of the molecule is CO[C@H]1[C@@H](C)[C@H](O)[C@H](C)[C@@H](O)[C@@H](C)/C=C/C=C(/C)C(=O)NC2=C(/C=N/N3CCN(C/C=C/c4ccccc4)CC3)C(=O)c3c(c(O)c(C)c4c3C(=O)[C@@](C)(O/C=C/[C@H](OC)[C@H]1C)O4)C2=O. The maximum absolute atomic E-state index is 14.8. The number of Topliss-reactive ketones (excluding diaryl/α,β-unsaturated/α-hetero) is 3. The largest absolute Gasteiger partial charge is 0.507 e. The minimum atomic E-state index is -2.05. The number of phenolic OH excluding ortho intramolecular Hbond substituents is 1. The Kier molecular flexibility index (Phi) is 15.5. The highest BCUT2D eigenvalue weighted by Crippen LogP contribution is 2.48. The van der Waals surface area contributed by atoms with Crippen LogP contribution in [0.1, 0.15) is 83.7 Å². The number of rotatable bonds is 7. The van der Waals surface area contributed by atoms with Gasteiger partial charge in [-0.2, -0.15) is 5.10 Å². The maximum atomic E-state index is 14.8. The van der Waals surface area contributed by atoms with E-state index in [0.29, 0.717) is 26.2 Å². The smallest absolute Gasteiger partial charge is 0.312 e. The summed E-state index contributed by atoms with van der Waals surface area (Å²) in [7, 11) is 3.03. The number of carbonyl (C=O) groups excluding carboxylic acids is 4. The van der Waals surface area contributed by atoms with Gasteiger partial charge in [0.05, 0.1) is 59.2 Å². The number of aliphatic hydroxyl groups is 2. The number of ketones is 3. The Morgan fingerprint density at radius 1 is 0.877 bits per heavy atom. The van der Waals surface area contributed by atoms with Gasteiger partial charge >= 0.3 is 5.79 Å². The summed E-state index contributed by atoms with van der Waals surface area (Å²) < 4.78 is 23.8. The quantitative estimate of drug-likeness (QED) is 0.258. The van der Waals surface area contributed by atoms with E-state index < -0.39 is 93.8 Å². The van der Waals surface area contributed by atoms with Crippen LogP contribution in [0.15, 0.2) is 88.9 Å². The second-order valence-electron chi connectivity index (χ2n) is 17.5. The molecular formula is C50H62N4O11. The van der Waals surface area contributed by atoms with Crippen molar-refractivity contribution >= 4 is 35.5 Å². The van der Waals surface area contributed by atoms with E-state index >= 15 is 0 Å². The van der Waals surface area contributed by atoms with E-state index in [-0.39, 0.29) is 33.9 Å². The second-order valence-corrected chi connectivity index (χ2v) is 17.5. The number of carbonyl (C=O) groups is 4. The summed E-state index contributed by atoms with van der Waals surface area (Å²) >= 11 is 0. The normalized spacial score (nSPS) is 31.5. The van der Waals surface area contributed by atoms with Crippen molar-refractivity contribution in [1.29, 1.82) is 0 Å². The Labute approximate surface area is 380 Å². The molecule has 2 aromatic rings. The summed E-state index contributed by atoms with van der Waals surface area (Å²) in [5.41, 5.74) is -0.563. The molecule has 1 saturated heterocycles. The lowest BCUT2D eigenvalue weighted by molar-refractivity contribution is -0.116. The molecule has 7 rings (SSSR count). The highest BCUT2D eigenvalue weighted by molar-refractivity contribution is 6.37. The number of piperazine rings is 1. The number of phenols is 1. The van der Waals surface area contributed by atoms with Crippen LogP contribution < -0.4 is 10.1 Å². The van der Waals surface area contributed by atoms with Gasteiger partial charge in [-0.3, -0.25) is 29.1 Å². The first kappa shape index (κ1) is 48.7.